The monoisotopic (exact) mass is 568 g/mol. The number of nitrogens with zero attached hydrogens (tertiary/aromatic N) is 1. The van der Waals surface area contributed by atoms with Crippen molar-refractivity contribution in [3.05, 3.63) is 29.8 Å². The van der Waals surface area contributed by atoms with Gasteiger partial charge in [-0.2, -0.15) is 0 Å². The van der Waals surface area contributed by atoms with Crippen molar-refractivity contribution in [3.63, 3.8) is 0 Å². The molecule has 0 bridgehead atoms. The second kappa shape index (κ2) is 14.1. The van der Waals surface area contributed by atoms with Crippen molar-refractivity contribution in [2.75, 3.05) is 12.3 Å². The number of primary amides is 1. The Morgan fingerprint density at radius 2 is 1.82 bits per heavy atom. The Balaban J connectivity index is 2.22. The van der Waals surface area contributed by atoms with E-state index in [9.17, 15) is 24.3 Å². The predicted octanol–water partition coefficient (Wildman–Crippen LogP) is -1.57. The number of carbonyl (C=O) groups excluding carboxylic acids is 4. The van der Waals surface area contributed by atoms with Crippen molar-refractivity contribution in [1.29, 1.82) is 0 Å². The van der Waals surface area contributed by atoms with Crippen LogP contribution in [-0.2, 0) is 25.6 Å². The van der Waals surface area contributed by atoms with E-state index in [0.29, 0.717) is 6.42 Å². The molecule has 1 aromatic carbocycles. The van der Waals surface area contributed by atoms with E-state index < -0.39 is 52.5 Å². The summed E-state index contributed by atoms with van der Waals surface area (Å²) in [6, 6.07) is 2.25. The zero-order valence-electron chi connectivity index (χ0n) is 21.3. The Hall–Kier alpha value is -3.17. The van der Waals surface area contributed by atoms with Gasteiger partial charge in [0.2, 0.25) is 23.6 Å². The van der Waals surface area contributed by atoms with Crippen LogP contribution in [0.25, 0.3) is 0 Å². The lowest BCUT2D eigenvalue weighted by atomic mass is 10.0. The normalized spacial score (nSPS) is 22.7. The summed E-state index contributed by atoms with van der Waals surface area (Å²) in [7, 11) is 2.52. The molecule has 1 heterocycles. The summed E-state index contributed by atoms with van der Waals surface area (Å²) in [5, 5.41) is 17.4. The molecule has 0 saturated carbocycles. The molecule has 38 heavy (non-hydrogen) atoms. The van der Waals surface area contributed by atoms with Crippen LogP contribution >= 0.6 is 21.6 Å². The Kier molecular flexibility index (Phi) is 11.5. The van der Waals surface area contributed by atoms with E-state index in [1.54, 1.807) is 26.0 Å². The van der Waals surface area contributed by atoms with E-state index in [2.05, 4.69) is 20.9 Å². The fourth-order valence-corrected chi connectivity index (χ4v) is 6.44. The van der Waals surface area contributed by atoms with Crippen molar-refractivity contribution in [3.8, 4) is 5.75 Å². The Labute approximate surface area is 229 Å². The third kappa shape index (κ3) is 9.61. The lowest BCUT2D eigenvalue weighted by molar-refractivity contribution is -0.133. The quantitative estimate of drug-likeness (QED) is 0.0736. The molecule has 1 saturated heterocycles. The van der Waals surface area contributed by atoms with Crippen LogP contribution in [0.15, 0.2) is 29.3 Å². The summed E-state index contributed by atoms with van der Waals surface area (Å²) in [5.41, 5.74) is 23.1. The number of rotatable bonds is 9. The molecule has 0 aromatic heterocycles. The van der Waals surface area contributed by atoms with Crippen molar-refractivity contribution in [2.24, 2.45) is 27.9 Å². The van der Waals surface area contributed by atoms with Crippen molar-refractivity contribution >= 4 is 51.2 Å². The van der Waals surface area contributed by atoms with E-state index in [-0.39, 0.29) is 36.8 Å². The molecular formula is C23H36N8O5S2. The molecular weight excluding hydrogens is 532 g/mol. The number of carbonyl (C=O) groups is 4. The molecule has 210 valence electrons. The first kappa shape index (κ1) is 31.1. The average Bonchev–Trinajstić information content (AvgIpc) is 2.84. The lowest BCUT2D eigenvalue weighted by Crippen LogP contribution is -2.60. The van der Waals surface area contributed by atoms with Gasteiger partial charge in [-0.3, -0.25) is 24.2 Å². The number of phenols is 1. The Morgan fingerprint density at radius 3 is 2.42 bits per heavy atom. The molecule has 4 atom stereocenters. The van der Waals surface area contributed by atoms with Crippen molar-refractivity contribution < 1.29 is 24.3 Å². The van der Waals surface area contributed by atoms with E-state index in [0.717, 1.165) is 5.56 Å². The van der Waals surface area contributed by atoms with Crippen LogP contribution in [0.1, 0.15) is 32.3 Å². The summed E-state index contributed by atoms with van der Waals surface area (Å²) in [6.45, 7) is 3.73. The highest BCUT2D eigenvalue weighted by molar-refractivity contribution is 8.77. The molecule has 13 nitrogen and oxygen atoms in total. The summed E-state index contributed by atoms with van der Waals surface area (Å²) in [5.74, 6) is -2.32. The van der Waals surface area contributed by atoms with Crippen LogP contribution in [0.3, 0.4) is 0 Å². The maximum atomic E-state index is 13.2. The van der Waals surface area contributed by atoms with E-state index >= 15 is 0 Å². The standard InChI is InChI=1S/C23H36N8O5S2/c1-23(2)17(18(25)33)31-20(35)15(4-3-9-28-22(26)27)29-21(36)16(11-37-38-23)30-19(34)14(24)10-12-5-7-13(32)8-6-12/h5-8,14-17,32H,3-4,9-11,24H2,1-2H3,(H2,25,33)(H,29,36)(H,30,34)(H,31,35)(H4,26,27,28)/t14-,15-,16+,17-/m0/s1. The molecule has 1 fully saturated rings. The lowest BCUT2D eigenvalue weighted by Gasteiger charge is -2.32. The van der Waals surface area contributed by atoms with Gasteiger partial charge < -0.3 is 44.0 Å². The van der Waals surface area contributed by atoms with Crippen LogP contribution in [0.5, 0.6) is 5.75 Å². The van der Waals surface area contributed by atoms with Gasteiger partial charge in [-0.15, -0.1) is 0 Å². The average molecular weight is 569 g/mol. The van der Waals surface area contributed by atoms with E-state index in [1.807, 2.05) is 0 Å². The van der Waals surface area contributed by atoms with Crippen LogP contribution in [0.2, 0.25) is 0 Å². The van der Waals surface area contributed by atoms with Gasteiger partial charge in [-0.25, -0.2) is 0 Å². The SMILES string of the molecule is CC1(C)SSC[C@@H](NC(=O)[C@@H](N)Cc2ccc(O)cc2)C(=O)N[C@@H](CCCN=C(N)N)C(=O)N[C@H]1C(N)=O. The zero-order valence-corrected chi connectivity index (χ0v) is 22.9. The third-order valence-corrected chi connectivity index (χ3v) is 9.02. The maximum Gasteiger partial charge on any atom is 0.244 e. The fraction of sp³-hybridized carbons (Fsp3) is 0.522. The van der Waals surface area contributed by atoms with Crippen LogP contribution in [0.4, 0.5) is 0 Å². The largest absolute Gasteiger partial charge is 0.508 e. The summed E-state index contributed by atoms with van der Waals surface area (Å²) < 4.78 is -0.827. The summed E-state index contributed by atoms with van der Waals surface area (Å²) in [6.07, 6.45) is 0.714. The Bertz CT molecular complexity index is 1030. The topological polar surface area (TPSA) is 241 Å². The molecule has 2 rings (SSSR count). The van der Waals surface area contributed by atoms with Gasteiger partial charge in [-0.05, 0) is 50.8 Å². The van der Waals surface area contributed by atoms with Crippen LogP contribution in [0, 0.1) is 0 Å². The number of guanidine groups is 1. The van der Waals surface area contributed by atoms with Crippen molar-refractivity contribution in [1.82, 2.24) is 16.0 Å². The molecule has 4 amide bonds. The number of hydrogen-bond acceptors (Lipinski definition) is 9. The minimum absolute atomic E-state index is 0.0915. The van der Waals surface area contributed by atoms with Gasteiger partial charge in [0.25, 0.3) is 0 Å². The highest BCUT2D eigenvalue weighted by Crippen LogP contribution is 2.38. The molecule has 12 N–H and O–H groups in total. The van der Waals surface area contributed by atoms with Gasteiger partial charge in [0.1, 0.15) is 23.9 Å². The van der Waals surface area contributed by atoms with Gasteiger partial charge >= 0.3 is 0 Å². The zero-order chi connectivity index (χ0) is 28.5. The number of nitrogens with two attached hydrogens (primary N) is 4. The first-order valence-electron chi connectivity index (χ1n) is 11.9. The number of benzene rings is 1. The smallest absolute Gasteiger partial charge is 0.244 e. The molecule has 1 aliphatic rings. The fourth-order valence-electron chi connectivity index (χ4n) is 3.62. The number of aromatic hydroxyl groups is 1. The van der Waals surface area contributed by atoms with E-state index in [1.165, 1.54) is 33.7 Å². The number of nitrogens with one attached hydrogen (secondary N) is 3. The molecule has 0 spiro atoms. The van der Waals surface area contributed by atoms with Gasteiger partial charge in [0, 0.05) is 17.0 Å². The number of hydrogen-bond donors (Lipinski definition) is 8. The second-order valence-corrected chi connectivity index (χ2v) is 12.4. The molecule has 0 aliphatic carbocycles. The predicted molar refractivity (Wildman–Crippen MR) is 149 cm³/mol. The maximum absolute atomic E-state index is 13.2. The minimum atomic E-state index is -1.03. The first-order valence-corrected chi connectivity index (χ1v) is 14.2. The Morgan fingerprint density at radius 1 is 1.16 bits per heavy atom. The summed E-state index contributed by atoms with van der Waals surface area (Å²) >= 11 is 0. The first-order chi connectivity index (χ1) is 17.8. The molecule has 1 aromatic rings. The molecule has 0 radical (unpaired) electrons. The van der Waals surface area contributed by atoms with Gasteiger partial charge in [0.15, 0.2) is 5.96 Å². The van der Waals surface area contributed by atoms with Gasteiger partial charge in [-0.1, -0.05) is 33.7 Å². The highest BCUT2D eigenvalue weighted by Gasteiger charge is 2.39. The van der Waals surface area contributed by atoms with Crippen molar-refractivity contribution in [2.45, 2.75) is 62.0 Å². The van der Waals surface area contributed by atoms with Crippen LogP contribution < -0.4 is 38.9 Å². The van der Waals surface area contributed by atoms with Crippen LogP contribution in [-0.4, -0.2) is 75.9 Å². The molecule has 1 aliphatic heterocycles. The number of aliphatic imine (C=N–C) groups is 1. The van der Waals surface area contributed by atoms with Gasteiger partial charge in [0.05, 0.1) is 6.04 Å². The number of phenolic OH excluding ortho intramolecular Hbond substituents is 1. The molecule has 0 unspecified atom stereocenters. The second-order valence-electron chi connectivity index (χ2n) is 9.36. The number of amides is 4. The summed E-state index contributed by atoms with van der Waals surface area (Å²) in [4.78, 5) is 55.3. The third-order valence-electron chi connectivity index (χ3n) is 5.71. The highest BCUT2D eigenvalue weighted by atomic mass is 33.1. The minimum Gasteiger partial charge on any atom is -0.508 e. The molecule has 15 heteroatoms. The van der Waals surface area contributed by atoms with E-state index in [4.69, 9.17) is 22.9 Å².